The van der Waals surface area contributed by atoms with Crippen LogP contribution in [0.25, 0.3) is 21.9 Å². The number of aromatic hydroxyl groups is 1. The van der Waals surface area contributed by atoms with Crippen LogP contribution in [-0.4, -0.2) is 25.5 Å². The Morgan fingerprint density at radius 1 is 0.844 bits per heavy atom. The molecule has 3 aromatic carbocycles. The van der Waals surface area contributed by atoms with Crippen molar-refractivity contribution in [3.8, 4) is 16.9 Å². The molecular weight excluding hydrogens is 410 g/mol. The fourth-order valence-electron chi connectivity index (χ4n) is 7.36. The summed E-state index contributed by atoms with van der Waals surface area (Å²) < 4.78 is 0. The number of phenols is 1. The van der Waals surface area contributed by atoms with E-state index in [2.05, 4.69) is 95.4 Å². The van der Waals surface area contributed by atoms with Crippen molar-refractivity contribution in [3.05, 3.63) is 53.6 Å². The molecule has 2 aliphatic rings. The van der Waals surface area contributed by atoms with Crippen LogP contribution in [0.5, 0.6) is 5.75 Å². The number of hydrogen-bond acceptors (Lipinski definition) is 3. The van der Waals surface area contributed by atoms with E-state index in [1.165, 1.54) is 44.6 Å². The number of hydrogen-bond donors (Lipinski definition) is 1. The maximum absolute atomic E-state index is 11.3. The van der Waals surface area contributed by atoms with Gasteiger partial charge in [-0.25, -0.2) is 0 Å². The number of fused-ring (bicyclic) bond motifs is 7. The highest BCUT2D eigenvalue weighted by molar-refractivity contribution is 7.98. The van der Waals surface area contributed by atoms with Crippen molar-refractivity contribution < 1.29 is 5.11 Å². The third-order valence-electron chi connectivity index (χ3n) is 7.64. The quantitative estimate of drug-likeness (QED) is 0.406. The van der Waals surface area contributed by atoms with Gasteiger partial charge in [-0.1, -0.05) is 52.0 Å². The summed E-state index contributed by atoms with van der Waals surface area (Å²) in [5.74, 6) is 0.410. The highest BCUT2D eigenvalue weighted by Crippen LogP contribution is 2.64. The Morgan fingerprint density at radius 3 is 2.12 bits per heavy atom. The van der Waals surface area contributed by atoms with Gasteiger partial charge in [0.1, 0.15) is 5.75 Å². The zero-order valence-electron chi connectivity index (χ0n) is 20.5. The minimum absolute atomic E-state index is 0.0562. The maximum Gasteiger partial charge on any atom is 0.123 e. The van der Waals surface area contributed by atoms with E-state index in [4.69, 9.17) is 0 Å². The molecule has 5 rings (SSSR count). The summed E-state index contributed by atoms with van der Waals surface area (Å²) in [6.45, 7) is 9.69. The van der Waals surface area contributed by atoms with Gasteiger partial charge >= 0.3 is 0 Å². The van der Waals surface area contributed by atoms with Gasteiger partial charge in [0.15, 0.2) is 0 Å². The summed E-state index contributed by atoms with van der Waals surface area (Å²) >= 11 is 1.73. The Bertz CT molecular complexity index is 1220. The van der Waals surface area contributed by atoms with E-state index in [0.717, 1.165) is 18.2 Å². The minimum Gasteiger partial charge on any atom is -0.507 e. The fourth-order valence-corrected chi connectivity index (χ4v) is 8.05. The zero-order valence-corrected chi connectivity index (χ0v) is 21.3. The van der Waals surface area contributed by atoms with Crippen molar-refractivity contribution in [1.29, 1.82) is 0 Å². The molecule has 2 nitrogen and oxygen atoms in total. The molecule has 1 saturated carbocycles. The normalized spacial score (nSPS) is 19.7. The molecule has 168 valence electrons. The molecular formula is C29H35NOS. The molecule has 2 aliphatic carbocycles. The zero-order chi connectivity index (χ0) is 23.1. The van der Waals surface area contributed by atoms with Crippen molar-refractivity contribution in [2.45, 2.75) is 57.3 Å². The van der Waals surface area contributed by atoms with Crippen molar-refractivity contribution >= 4 is 28.2 Å². The number of thioether (sulfide) groups is 1. The summed E-state index contributed by atoms with van der Waals surface area (Å²) in [5.41, 5.74) is 7.08. The number of anilines is 1. The minimum atomic E-state index is -0.0562. The van der Waals surface area contributed by atoms with E-state index in [0.29, 0.717) is 5.75 Å². The first kappa shape index (κ1) is 21.7. The number of benzene rings is 3. The molecule has 32 heavy (non-hydrogen) atoms. The second-order valence-electron chi connectivity index (χ2n) is 11.8. The van der Waals surface area contributed by atoms with Gasteiger partial charge in [0.05, 0.1) is 5.69 Å². The predicted octanol–water partition coefficient (Wildman–Crippen LogP) is 7.84. The number of rotatable bonds is 2. The first-order valence-electron chi connectivity index (χ1n) is 11.6. The first-order chi connectivity index (χ1) is 15.0. The molecule has 3 aromatic rings. The molecule has 0 saturated heterocycles. The van der Waals surface area contributed by atoms with Crippen LogP contribution >= 0.6 is 11.8 Å². The average molecular weight is 446 g/mol. The average Bonchev–Trinajstić information content (AvgIpc) is 2.94. The molecule has 0 heterocycles. The number of nitrogens with zero attached hydrogens (tertiary/aromatic N) is 1. The summed E-state index contributed by atoms with van der Waals surface area (Å²) in [5, 5.41) is 13.4. The molecule has 0 atom stereocenters. The molecule has 0 unspecified atom stereocenters. The molecule has 1 N–H and O–H groups in total. The van der Waals surface area contributed by atoms with Crippen molar-refractivity contribution in [2.75, 3.05) is 25.3 Å². The van der Waals surface area contributed by atoms with Gasteiger partial charge in [-0.3, -0.25) is 0 Å². The SMILES string of the molecule is CSc1cc2c(O)cc3c(c2cc1N(C)C)-c1ccccc1C31CC(C)(C)CC(C)(C)C1. The predicted molar refractivity (Wildman–Crippen MR) is 139 cm³/mol. The van der Waals surface area contributed by atoms with Gasteiger partial charge in [0.25, 0.3) is 0 Å². The first-order valence-corrected chi connectivity index (χ1v) is 12.9. The van der Waals surface area contributed by atoms with Gasteiger partial charge < -0.3 is 10.0 Å². The maximum atomic E-state index is 11.3. The van der Waals surface area contributed by atoms with Gasteiger partial charge in [0, 0.05) is 29.8 Å². The monoisotopic (exact) mass is 445 g/mol. The highest BCUT2D eigenvalue weighted by Gasteiger charge is 2.53. The van der Waals surface area contributed by atoms with E-state index in [1.54, 1.807) is 11.8 Å². The van der Waals surface area contributed by atoms with Crippen LogP contribution in [0, 0.1) is 10.8 Å². The third-order valence-corrected chi connectivity index (χ3v) is 8.41. The van der Waals surface area contributed by atoms with Crippen molar-refractivity contribution in [2.24, 2.45) is 10.8 Å². The summed E-state index contributed by atoms with van der Waals surface area (Å²) in [7, 11) is 4.21. The lowest BCUT2D eigenvalue weighted by Gasteiger charge is -2.51. The molecule has 0 radical (unpaired) electrons. The summed E-state index contributed by atoms with van der Waals surface area (Å²) in [4.78, 5) is 3.38. The van der Waals surface area contributed by atoms with Crippen LogP contribution in [0.15, 0.2) is 47.4 Å². The topological polar surface area (TPSA) is 23.5 Å². The fraction of sp³-hybridized carbons (Fsp3) is 0.448. The Balaban J connectivity index is 1.91. The molecule has 1 fully saturated rings. The molecule has 1 spiro atoms. The molecule has 0 bridgehead atoms. The standard InChI is InChI=1S/C29H35NOS/c1-27(2)15-28(3,4)17-29(16-27)21-11-9-8-10-18(21)26-20-12-23(30(5)6)25(32-7)13-19(20)24(31)14-22(26)29/h8-14,31H,15-17H2,1-7H3. The van der Waals surface area contributed by atoms with Gasteiger partial charge in [-0.2, -0.15) is 0 Å². The number of phenolic OH excluding ortho intramolecular Hbond substituents is 1. The molecule has 0 aromatic heterocycles. The van der Waals surface area contributed by atoms with E-state index >= 15 is 0 Å². The van der Waals surface area contributed by atoms with Crippen LogP contribution in [0.4, 0.5) is 5.69 Å². The van der Waals surface area contributed by atoms with Gasteiger partial charge in [0.2, 0.25) is 0 Å². The Kier molecular flexibility index (Phi) is 4.70. The summed E-state index contributed by atoms with van der Waals surface area (Å²) in [6, 6.07) is 15.6. The molecule has 0 amide bonds. The lowest BCUT2D eigenvalue weighted by Crippen LogP contribution is -2.43. The second-order valence-corrected chi connectivity index (χ2v) is 12.6. The molecule has 0 aliphatic heterocycles. The van der Waals surface area contributed by atoms with Gasteiger partial charge in [-0.15, -0.1) is 11.8 Å². The van der Waals surface area contributed by atoms with E-state index in [9.17, 15) is 5.11 Å². The largest absolute Gasteiger partial charge is 0.507 e. The van der Waals surface area contributed by atoms with Crippen LogP contribution in [0.2, 0.25) is 0 Å². The van der Waals surface area contributed by atoms with E-state index in [1.807, 2.05) is 0 Å². The summed E-state index contributed by atoms with van der Waals surface area (Å²) in [6.07, 6.45) is 5.55. The van der Waals surface area contributed by atoms with Crippen LogP contribution in [0.1, 0.15) is 58.1 Å². The Labute approximate surface area is 197 Å². The molecule has 3 heteroatoms. The third kappa shape index (κ3) is 3.08. The van der Waals surface area contributed by atoms with Crippen molar-refractivity contribution in [3.63, 3.8) is 0 Å². The van der Waals surface area contributed by atoms with Crippen molar-refractivity contribution in [1.82, 2.24) is 0 Å². The van der Waals surface area contributed by atoms with E-state index in [-0.39, 0.29) is 16.2 Å². The smallest absolute Gasteiger partial charge is 0.123 e. The Hall–Kier alpha value is -2.13. The van der Waals surface area contributed by atoms with Crippen LogP contribution < -0.4 is 4.90 Å². The van der Waals surface area contributed by atoms with E-state index < -0.39 is 0 Å². The van der Waals surface area contributed by atoms with Crippen LogP contribution in [-0.2, 0) is 5.41 Å². The lowest BCUT2D eigenvalue weighted by atomic mass is 9.52. The Morgan fingerprint density at radius 2 is 1.50 bits per heavy atom. The van der Waals surface area contributed by atoms with Crippen LogP contribution in [0.3, 0.4) is 0 Å². The second kappa shape index (κ2) is 6.93. The van der Waals surface area contributed by atoms with Gasteiger partial charge in [-0.05, 0) is 82.2 Å². The lowest BCUT2D eigenvalue weighted by molar-refractivity contribution is 0.0645. The highest BCUT2D eigenvalue weighted by atomic mass is 32.2.